The van der Waals surface area contributed by atoms with Crippen LogP contribution in [0.25, 0.3) is 0 Å². The Labute approximate surface area is 167 Å². The van der Waals surface area contributed by atoms with E-state index in [0.29, 0.717) is 5.56 Å². The molecule has 0 radical (unpaired) electrons. The normalized spacial score (nSPS) is 23.8. The lowest BCUT2D eigenvalue weighted by atomic mass is 9.86. The first-order valence-corrected chi connectivity index (χ1v) is 11.0. The third-order valence-corrected chi connectivity index (χ3v) is 7.26. The summed E-state index contributed by atoms with van der Waals surface area (Å²) in [6.45, 7) is 3.71. The van der Waals surface area contributed by atoms with Crippen molar-refractivity contribution in [3.05, 3.63) is 41.3 Å². The number of fused-ring (bicyclic) bond motifs is 3. The van der Waals surface area contributed by atoms with Gasteiger partial charge in [0.15, 0.2) is 0 Å². The van der Waals surface area contributed by atoms with Gasteiger partial charge in [-0.25, -0.2) is 0 Å². The van der Waals surface area contributed by atoms with Crippen molar-refractivity contribution in [2.24, 2.45) is 5.92 Å². The van der Waals surface area contributed by atoms with Gasteiger partial charge in [0.2, 0.25) is 5.91 Å². The Kier molecular flexibility index (Phi) is 5.52. The lowest BCUT2D eigenvalue weighted by Crippen LogP contribution is -2.56. The van der Waals surface area contributed by atoms with Crippen LogP contribution in [0, 0.1) is 5.92 Å². The van der Waals surface area contributed by atoms with Gasteiger partial charge in [0.05, 0.1) is 16.1 Å². The van der Waals surface area contributed by atoms with Gasteiger partial charge in [-0.05, 0) is 55.5 Å². The Hall–Kier alpha value is -1.83. The number of nitrogens with one attached hydrogen (secondary N) is 2. The molecule has 3 saturated heterocycles. The molecule has 7 heteroatoms. The van der Waals surface area contributed by atoms with Gasteiger partial charge in [-0.2, -0.15) is 0 Å². The maximum Gasteiger partial charge on any atom is 0.252 e. The second kappa shape index (κ2) is 8.04. The first-order valence-electron chi connectivity index (χ1n) is 9.26. The molecule has 2 amide bonds. The van der Waals surface area contributed by atoms with Crippen LogP contribution in [-0.4, -0.2) is 36.0 Å². The molecule has 3 aliphatic heterocycles. The van der Waals surface area contributed by atoms with Crippen LogP contribution in [0.1, 0.15) is 36.5 Å². The van der Waals surface area contributed by atoms with Crippen LogP contribution in [-0.2, 0) is 4.79 Å². The van der Waals surface area contributed by atoms with Crippen LogP contribution < -0.4 is 10.6 Å². The average molecular weight is 402 g/mol. The molecule has 3 fully saturated rings. The van der Waals surface area contributed by atoms with E-state index in [4.69, 9.17) is 0 Å². The molecule has 2 bridgehead atoms. The Morgan fingerprint density at radius 2 is 1.93 bits per heavy atom. The number of nitrogens with zero attached hydrogens (tertiary/aromatic N) is 1. The molecular weight excluding hydrogens is 378 g/mol. The van der Waals surface area contributed by atoms with Crippen LogP contribution in [0.15, 0.2) is 44.8 Å². The summed E-state index contributed by atoms with van der Waals surface area (Å²) in [6, 6.07) is 9.69. The number of hydrogen-bond donors (Lipinski definition) is 2. The van der Waals surface area contributed by atoms with Crippen molar-refractivity contribution >= 4 is 40.6 Å². The molecule has 5 nitrogen and oxygen atoms in total. The largest absolute Gasteiger partial charge is 0.336 e. The Morgan fingerprint density at radius 3 is 2.56 bits per heavy atom. The van der Waals surface area contributed by atoms with Gasteiger partial charge < -0.3 is 10.6 Å². The van der Waals surface area contributed by atoms with Crippen LogP contribution in [0.5, 0.6) is 0 Å². The summed E-state index contributed by atoms with van der Waals surface area (Å²) < 4.78 is 1.10. The van der Waals surface area contributed by atoms with Crippen LogP contribution in [0.2, 0.25) is 0 Å². The molecule has 142 valence electrons. The van der Waals surface area contributed by atoms with E-state index in [-0.39, 0.29) is 18.0 Å². The van der Waals surface area contributed by atoms with Crippen LogP contribution >= 0.6 is 23.1 Å². The van der Waals surface area contributed by atoms with Crippen molar-refractivity contribution in [1.82, 2.24) is 10.2 Å². The zero-order valence-electron chi connectivity index (χ0n) is 15.2. The van der Waals surface area contributed by atoms with Crippen molar-refractivity contribution in [2.45, 2.75) is 41.5 Å². The second-order valence-corrected chi connectivity index (χ2v) is 9.45. The first-order chi connectivity index (χ1) is 13.1. The van der Waals surface area contributed by atoms with Crippen molar-refractivity contribution < 1.29 is 9.59 Å². The molecule has 27 heavy (non-hydrogen) atoms. The van der Waals surface area contributed by atoms with Gasteiger partial charge >= 0.3 is 0 Å². The summed E-state index contributed by atoms with van der Waals surface area (Å²) >= 11 is 3.22. The molecule has 1 aromatic carbocycles. The van der Waals surface area contributed by atoms with Gasteiger partial charge in [-0.15, -0.1) is 11.3 Å². The third-order valence-electron chi connectivity index (χ3n) is 5.17. The van der Waals surface area contributed by atoms with Gasteiger partial charge in [0.1, 0.15) is 0 Å². The van der Waals surface area contributed by atoms with Crippen LogP contribution in [0.4, 0.5) is 5.69 Å². The molecule has 3 aliphatic rings. The number of benzene rings is 1. The Bertz CT molecular complexity index is 826. The van der Waals surface area contributed by atoms with Crippen molar-refractivity contribution in [3.63, 3.8) is 0 Å². The van der Waals surface area contributed by atoms with Gasteiger partial charge in [-0.3, -0.25) is 14.5 Å². The molecular formula is C20H23N3O2S2. The molecule has 0 saturated carbocycles. The molecule has 5 rings (SSSR count). The molecule has 2 aromatic rings. The number of thiophene rings is 1. The Balaban J connectivity index is 1.35. The fraction of sp³-hybridized carbons (Fsp3) is 0.400. The number of anilines is 1. The fourth-order valence-electron chi connectivity index (χ4n) is 3.78. The minimum atomic E-state index is -0.0674. The van der Waals surface area contributed by atoms with Crippen molar-refractivity contribution in [3.8, 4) is 0 Å². The lowest BCUT2D eigenvalue weighted by Gasteiger charge is -2.45. The van der Waals surface area contributed by atoms with E-state index in [9.17, 15) is 9.59 Å². The predicted octanol–water partition coefficient (Wildman–Crippen LogP) is 4.03. The highest BCUT2D eigenvalue weighted by Gasteiger charge is 2.34. The SMILES string of the molecule is CC(=O)Nc1csc(Sc2ccc(C(=O)NC3CC4CCN3CC4)cc2)c1. The fourth-order valence-corrected chi connectivity index (χ4v) is 5.66. The zero-order chi connectivity index (χ0) is 18.8. The maximum absolute atomic E-state index is 12.6. The number of carbonyl (C=O) groups is 2. The van der Waals surface area contributed by atoms with Crippen molar-refractivity contribution in [2.75, 3.05) is 18.4 Å². The predicted molar refractivity (Wildman–Crippen MR) is 109 cm³/mol. The molecule has 2 N–H and O–H groups in total. The second-order valence-electron chi connectivity index (χ2n) is 7.17. The Morgan fingerprint density at radius 1 is 1.19 bits per heavy atom. The molecule has 1 unspecified atom stereocenters. The number of amides is 2. The standard InChI is InChI=1S/C20H23N3O2S2/c1-13(24)21-16-11-19(26-12-16)27-17-4-2-15(3-5-17)20(25)22-18-10-14-6-8-23(18)9-7-14/h2-5,11-12,14,18H,6-10H2,1H3,(H,21,24)(H,22,25). The lowest BCUT2D eigenvalue weighted by molar-refractivity contribution is -0.114. The molecule has 1 atom stereocenters. The molecule has 0 aliphatic carbocycles. The summed E-state index contributed by atoms with van der Waals surface area (Å²) in [5.74, 6) is 0.711. The highest BCUT2D eigenvalue weighted by atomic mass is 32.2. The maximum atomic E-state index is 12.6. The van der Waals surface area contributed by atoms with E-state index >= 15 is 0 Å². The minimum absolute atomic E-state index is 0.00756. The van der Waals surface area contributed by atoms with E-state index in [1.807, 2.05) is 35.7 Å². The van der Waals surface area contributed by atoms with Crippen molar-refractivity contribution in [1.29, 1.82) is 0 Å². The highest BCUT2D eigenvalue weighted by Crippen LogP contribution is 2.35. The summed E-state index contributed by atoms with van der Waals surface area (Å²) in [6.07, 6.45) is 3.81. The van der Waals surface area contributed by atoms with Gasteiger partial charge in [0.25, 0.3) is 5.91 Å². The summed E-state index contributed by atoms with van der Waals surface area (Å²) in [7, 11) is 0. The average Bonchev–Trinajstić information content (AvgIpc) is 3.09. The summed E-state index contributed by atoms with van der Waals surface area (Å²) in [5, 5.41) is 7.92. The highest BCUT2D eigenvalue weighted by molar-refractivity contribution is 8.01. The number of piperidine rings is 3. The number of carbonyl (C=O) groups excluding carboxylic acids is 2. The van der Waals surface area contributed by atoms with E-state index in [1.54, 1.807) is 23.1 Å². The number of hydrogen-bond acceptors (Lipinski definition) is 5. The monoisotopic (exact) mass is 401 g/mol. The van der Waals surface area contributed by atoms with E-state index < -0.39 is 0 Å². The third kappa shape index (κ3) is 4.54. The molecule has 0 spiro atoms. The minimum Gasteiger partial charge on any atom is -0.336 e. The van der Waals surface area contributed by atoms with Crippen LogP contribution in [0.3, 0.4) is 0 Å². The summed E-state index contributed by atoms with van der Waals surface area (Å²) in [5.41, 5.74) is 1.52. The van der Waals surface area contributed by atoms with Gasteiger partial charge in [-0.1, -0.05) is 11.8 Å². The molecule has 1 aromatic heterocycles. The zero-order valence-corrected chi connectivity index (χ0v) is 16.9. The quantitative estimate of drug-likeness (QED) is 0.794. The van der Waals surface area contributed by atoms with Gasteiger partial charge in [0, 0.05) is 35.9 Å². The first kappa shape index (κ1) is 18.5. The van der Waals surface area contributed by atoms with E-state index in [1.165, 1.54) is 19.8 Å². The van der Waals surface area contributed by atoms with E-state index in [2.05, 4.69) is 15.5 Å². The summed E-state index contributed by atoms with van der Waals surface area (Å²) in [4.78, 5) is 27.2. The number of rotatable bonds is 5. The van der Waals surface area contributed by atoms with E-state index in [0.717, 1.165) is 40.2 Å². The molecule has 4 heterocycles. The smallest absolute Gasteiger partial charge is 0.252 e. The topological polar surface area (TPSA) is 61.4 Å².